The Morgan fingerprint density at radius 2 is 0.753 bits per heavy atom. The largest absolute Gasteiger partial charge is 0.486 e. The predicted molar refractivity (Wildman–Crippen MR) is 350 cm³/mol. The maximum absolute atomic E-state index is 14.8. The van der Waals surface area contributed by atoms with Crippen molar-refractivity contribution in [3.05, 3.63) is 167 Å². The van der Waals surface area contributed by atoms with Crippen molar-refractivity contribution >= 4 is 180 Å². The van der Waals surface area contributed by atoms with Crippen molar-refractivity contribution in [1.82, 2.24) is 5.32 Å². The third-order valence-corrected chi connectivity index (χ3v) is 15.4. The van der Waals surface area contributed by atoms with Crippen LogP contribution < -0.4 is 35.5 Å². The van der Waals surface area contributed by atoms with Gasteiger partial charge in [-0.15, -0.1) is 0 Å². The molecule has 0 aromatic heterocycles. The Morgan fingerprint density at radius 3 is 1.06 bits per heavy atom. The van der Waals surface area contributed by atoms with Crippen LogP contribution in [0.1, 0.15) is 92.6 Å². The average Bonchev–Trinajstić information content (AvgIpc) is 2.22. The molecule has 0 unspecified atom stereocenters. The van der Waals surface area contributed by atoms with Gasteiger partial charge in [0, 0.05) is 67.9 Å². The number of carbonyl (C=O) groups is 7. The number of aliphatic carboxylic acids is 3. The summed E-state index contributed by atoms with van der Waals surface area (Å²) in [5, 5.41) is 37.1. The number of halogens is 12. The van der Waals surface area contributed by atoms with Crippen LogP contribution in [0.3, 0.4) is 0 Å². The third kappa shape index (κ3) is 24.1. The van der Waals surface area contributed by atoms with Gasteiger partial charge in [-0.1, -0.05) is 99.5 Å². The van der Waals surface area contributed by atoms with Gasteiger partial charge in [-0.05, 0) is 160 Å². The van der Waals surface area contributed by atoms with E-state index in [4.69, 9.17) is 87.5 Å². The number of ether oxygens (including phenoxy) is 3. The zero-order valence-electron chi connectivity index (χ0n) is 47.8. The number of rotatable bonds is 24. The lowest BCUT2D eigenvalue weighted by molar-refractivity contribution is -0.138. The van der Waals surface area contributed by atoms with E-state index >= 15 is 0 Å². The van der Waals surface area contributed by atoms with E-state index in [1.165, 1.54) is 48.5 Å². The third-order valence-electron chi connectivity index (χ3n) is 11.8. The monoisotopic (exact) mass is 1590 g/mol. The van der Waals surface area contributed by atoms with Gasteiger partial charge in [0.1, 0.15) is 37.9 Å². The Hall–Kier alpha value is -5.83. The van der Waals surface area contributed by atoms with Crippen LogP contribution >= 0.6 is 122 Å². The van der Waals surface area contributed by atoms with E-state index in [1.54, 1.807) is 65.8 Å². The van der Waals surface area contributed by atoms with Crippen molar-refractivity contribution in [1.29, 1.82) is 0 Å². The first-order chi connectivity index (χ1) is 41.6. The maximum atomic E-state index is 14.8. The number of amides is 4. The summed E-state index contributed by atoms with van der Waals surface area (Å²) in [6.07, 6.45) is 0.578. The first kappa shape index (κ1) is 75.6. The highest BCUT2D eigenvalue weighted by atomic mass is 79.9. The summed E-state index contributed by atoms with van der Waals surface area (Å²) >= 11 is 43.9. The molecule has 6 aromatic rings. The fourth-order valence-electron chi connectivity index (χ4n) is 7.18. The zero-order valence-corrected chi connectivity index (χ0v) is 57.9. The second kappa shape index (κ2) is 35.7. The van der Waals surface area contributed by atoms with E-state index in [-0.39, 0.29) is 145 Å². The maximum Gasteiger partial charge on any atom is 0.322 e. The van der Waals surface area contributed by atoms with E-state index in [9.17, 15) is 46.7 Å². The van der Waals surface area contributed by atoms with Gasteiger partial charge >= 0.3 is 17.9 Å². The Balaban J connectivity index is 0.000000286. The molecule has 0 bridgehead atoms. The standard InChI is InChI=1S/C20H18Br2ClFN2O5.C20H19Br2ClFNO4.C20H19Cl3FNO4/c1-9(2)19(29)26-15-6-12(23)3-11(17(15)24)8-31-18-13(21)4-10(5-14(18)22)20(30)25-7-16(27)28;1-10(2)20(28)25-16-8-13(23)7-12(18(16)24)9-29-19-14(21)5-11(6-15(19)22)3-4-17(26)27;1-10(2)20(28)25-16-8-13(21)7-12(18(16)24)9-29-19-14(22)5-11(6-15(19)23)3-4-17(26)27/h3-6,9H,7-8H2,1-2H3,(H,25,30)(H,26,29)(H,27,28);2*5-8,10H,3-4,9H2,1-2H3,(H,25,28)(H,26,27). The predicted octanol–water partition coefficient (Wildman–Crippen LogP) is 17.2. The number of hydrogen-bond acceptors (Lipinski definition) is 10. The smallest absolute Gasteiger partial charge is 0.322 e. The molecule has 0 fully saturated rings. The van der Waals surface area contributed by atoms with Crippen LogP contribution in [0.2, 0.25) is 25.1 Å². The summed E-state index contributed by atoms with van der Waals surface area (Å²) in [5.74, 6) is -6.64. The van der Waals surface area contributed by atoms with Crippen LogP contribution in [-0.2, 0) is 61.4 Å². The molecule has 0 aliphatic carbocycles. The highest BCUT2D eigenvalue weighted by Crippen LogP contribution is 2.39. The molecule has 0 saturated carbocycles. The number of benzene rings is 6. The molecule has 0 atom stereocenters. The highest BCUT2D eigenvalue weighted by Gasteiger charge is 2.22. The van der Waals surface area contributed by atoms with Crippen LogP contribution in [0.5, 0.6) is 17.2 Å². The second-order valence-corrected chi connectivity index (χ2v) is 25.5. The van der Waals surface area contributed by atoms with Gasteiger partial charge in [0.15, 0.2) is 23.2 Å². The highest BCUT2D eigenvalue weighted by molar-refractivity contribution is 9.11. The van der Waals surface area contributed by atoms with Gasteiger partial charge in [-0.25, -0.2) is 13.2 Å². The zero-order chi connectivity index (χ0) is 66.7. The molecule has 89 heavy (non-hydrogen) atoms. The summed E-state index contributed by atoms with van der Waals surface area (Å²) in [5.41, 5.74) is 1.97. The van der Waals surface area contributed by atoms with E-state index < -0.39 is 47.8 Å². The molecule has 0 radical (unpaired) electrons. The van der Waals surface area contributed by atoms with Crippen LogP contribution in [-0.4, -0.2) is 63.4 Å². The van der Waals surface area contributed by atoms with Crippen molar-refractivity contribution in [2.24, 2.45) is 17.8 Å². The number of nitrogens with one attached hydrogen (secondary N) is 4. The van der Waals surface area contributed by atoms with Gasteiger partial charge in [-0.3, -0.25) is 33.6 Å². The van der Waals surface area contributed by atoms with Crippen LogP contribution in [0.4, 0.5) is 30.2 Å². The van der Waals surface area contributed by atoms with E-state index in [2.05, 4.69) is 85.0 Å². The summed E-state index contributed by atoms with van der Waals surface area (Å²) in [7, 11) is 0. The Morgan fingerprint density at radius 1 is 0.449 bits per heavy atom. The Kier molecular flexibility index (Phi) is 30.3. The van der Waals surface area contributed by atoms with E-state index in [0.29, 0.717) is 41.4 Å². The number of carbonyl (C=O) groups excluding carboxylic acids is 4. The molecule has 6 rings (SSSR count). The molecule has 0 saturated heterocycles. The number of anilines is 3. The lowest BCUT2D eigenvalue weighted by Crippen LogP contribution is -2.29. The molecule has 0 aliphatic rings. The number of aryl methyl sites for hydroxylation is 2. The van der Waals surface area contributed by atoms with Gasteiger partial charge < -0.3 is 50.8 Å². The van der Waals surface area contributed by atoms with Crippen LogP contribution in [0.25, 0.3) is 0 Å². The van der Waals surface area contributed by atoms with Gasteiger partial charge in [-0.2, -0.15) is 0 Å². The normalized spacial score (nSPS) is 10.8. The fraction of sp³-hybridized carbons (Fsp3) is 0.283. The van der Waals surface area contributed by atoms with Crippen molar-refractivity contribution in [2.75, 3.05) is 22.5 Å². The van der Waals surface area contributed by atoms with Crippen molar-refractivity contribution in [2.45, 2.75) is 87.0 Å². The van der Waals surface area contributed by atoms with Gasteiger partial charge in [0.25, 0.3) is 5.91 Å². The van der Waals surface area contributed by atoms with Crippen molar-refractivity contribution in [3.8, 4) is 17.2 Å². The number of carboxylic acid groups (broad SMARTS) is 3. The minimum absolute atomic E-state index is 0.00282. The molecule has 0 spiro atoms. The molecule has 6 aromatic carbocycles. The molecular weight excluding hydrogens is 1540 g/mol. The first-order valence-corrected chi connectivity index (χ1v) is 31.3. The average molecular weight is 1590 g/mol. The van der Waals surface area contributed by atoms with E-state index in [1.807, 2.05) is 0 Å². The van der Waals surface area contributed by atoms with E-state index in [0.717, 1.165) is 5.56 Å². The molecule has 17 nitrogen and oxygen atoms in total. The molecule has 478 valence electrons. The summed E-state index contributed by atoms with van der Waals surface area (Å²) in [6.45, 7) is 9.07. The minimum Gasteiger partial charge on any atom is -0.486 e. The molecule has 0 aliphatic heterocycles. The molecular formula is C60H56Br4Cl5F3N4O13. The Labute approximate surface area is 568 Å². The fourth-order valence-corrected chi connectivity index (χ4v) is 11.5. The van der Waals surface area contributed by atoms with Crippen molar-refractivity contribution in [3.63, 3.8) is 0 Å². The quantitative estimate of drug-likeness (QED) is 0.0298. The van der Waals surface area contributed by atoms with Gasteiger partial charge in [0.05, 0.1) is 45.0 Å². The molecule has 29 heteroatoms. The lowest BCUT2D eigenvalue weighted by Gasteiger charge is -2.15. The van der Waals surface area contributed by atoms with Crippen LogP contribution in [0, 0.1) is 35.2 Å². The molecule has 4 amide bonds. The summed E-state index contributed by atoms with van der Waals surface area (Å²) in [6, 6.07) is 17.7. The lowest BCUT2D eigenvalue weighted by atomic mass is 10.1. The summed E-state index contributed by atoms with van der Waals surface area (Å²) in [4.78, 5) is 79.7. The Bertz CT molecular complexity index is 3420. The van der Waals surface area contributed by atoms with Crippen LogP contribution in [0.15, 0.2) is 90.7 Å². The SMILES string of the molecule is CC(C)C(=O)Nc1cc(Cl)cc(COc2c(Br)cc(C(=O)NCC(=O)O)cc2Br)c1F.CC(C)C(=O)Nc1cc(Cl)cc(COc2c(Br)cc(CCC(=O)O)cc2Br)c1F.CC(C)C(=O)Nc1cc(Cl)cc(COc2c(Cl)cc(CCC(=O)O)cc2Cl)c1F. The summed E-state index contributed by atoms with van der Waals surface area (Å²) < 4.78 is 63.4. The number of carboxylic acids is 3. The number of hydrogen-bond donors (Lipinski definition) is 7. The minimum atomic E-state index is -1.17. The topological polar surface area (TPSA) is 256 Å². The van der Waals surface area contributed by atoms with Crippen molar-refractivity contribution < 1.29 is 76.3 Å². The molecule has 7 N–H and O–H groups in total. The van der Waals surface area contributed by atoms with Gasteiger partial charge in [0.2, 0.25) is 17.7 Å². The first-order valence-electron chi connectivity index (χ1n) is 26.3. The molecule has 0 heterocycles. The second-order valence-electron chi connectivity index (χ2n) is 20.0.